The van der Waals surface area contributed by atoms with Gasteiger partial charge in [0.25, 0.3) is 11.8 Å². The summed E-state index contributed by atoms with van der Waals surface area (Å²) >= 11 is 0. The van der Waals surface area contributed by atoms with E-state index >= 15 is 0 Å². The second kappa shape index (κ2) is 8.25. The van der Waals surface area contributed by atoms with E-state index < -0.39 is 6.10 Å². The van der Waals surface area contributed by atoms with E-state index in [1.807, 2.05) is 36.9 Å². The van der Waals surface area contributed by atoms with Crippen LogP contribution in [0.15, 0.2) is 42.5 Å². The summed E-state index contributed by atoms with van der Waals surface area (Å²) in [5.41, 5.74) is 3.26. The van der Waals surface area contributed by atoms with Crippen LogP contribution in [0.5, 0.6) is 5.75 Å². The molecule has 2 aromatic rings. The molecule has 1 atom stereocenters. The summed E-state index contributed by atoms with van der Waals surface area (Å²) in [4.78, 5) is 26.9. The summed E-state index contributed by atoms with van der Waals surface area (Å²) in [6, 6.07) is 13.0. The van der Waals surface area contributed by atoms with Crippen molar-refractivity contribution in [1.29, 1.82) is 0 Å². The first-order valence-electron chi connectivity index (χ1n) is 9.38. The van der Waals surface area contributed by atoms with Crippen LogP contribution in [0.3, 0.4) is 0 Å². The van der Waals surface area contributed by atoms with Crippen molar-refractivity contribution in [3.63, 3.8) is 0 Å². The molecule has 1 fully saturated rings. The number of rotatable bonds is 5. The molecule has 0 spiro atoms. The van der Waals surface area contributed by atoms with Gasteiger partial charge < -0.3 is 15.0 Å². The Bertz CT molecular complexity index is 841. The molecule has 0 bridgehead atoms. The van der Waals surface area contributed by atoms with Gasteiger partial charge in [-0.15, -0.1) is 0 Å². The largest absolute Gasteiger partial charge is 0.481 e. The molecule has 1 heterocycles. The molecule has 2 aromatic carbocycles. The average Bonchev–Trinajstić information content (AvgIpc) is 3.19. The summed E-state index contributed by atoms with van der Waals surface area (Å²) < 4.78 is 5.83. The Morgan fingerprint density at radius 3 is 2.56 bits per heavy atom. The summed E-state index contributed by atoms with van der Waals surface area (Å²) in [5.74, 6) is 0.473. The van der Waals surface area contributed by atoms with E-state index in [2.05, 4.69) is 5.32 Å². The number of nitrogens with zero attached hydrogens (tertiary/aromatic N) is 1. The van der Waals surface area contributed by atoms with Crippen molar-refractivity contribution in [1.82, 2.24) is 4.90 Å². The van der Waals surface area contributed by atoms with Gasteiger partial charge in [-0.2, -0.15) is 0 Å². The quantitative estimate of drug-likeness (QED) is 0.872. The average molecular weight is 366 g/mol. The third-order valence-electron chi connectivity index (χ3n) is 4.79. The number of nitrogens with one attached hydrogen (secondary N) is 1. The summed E-state index contributed by atoms with van der Waals surface area (Å²) in [5, 5.41) is 2.85. The zero-order valence-corrected chi connectivity index (χ0v) is 16.1. The molecule has 1 aliphatic rings. The van der Waals surface area contributed by atoms with Crippen molar-refractivity contribution in [3.05, 3.63) is 59.2 Å². The van der Waals surface area contributed by atoms with Gasteiger partial charge in [-0.1, -0.05) is 18.2 Å². The second-order valence-corrected chi connectivity index (χ2v) is 7.10. The number of carbonyl (C=O) groups excluding carboxylic acids is 2. The van der Waals surface area contributed by atoms with E-state index in [-0.39, 0.29) is 11.8 Å². The van der Waals surface area contributed by atoms with Crippen molar-refractivity contribution in [3.8, 4) is 5.75 Å². The van der Waals surface area contributed by atoms with Crippen LogP contribution in [-0.2, 0) is 4.79 Å². The van der Waals surface area contributed by atoms with Gasteiger partial charge in [-0.3, -0.25) is 9.59 Å². The van der Waals surface area contributed by atoms with Crippen LogP contribution in [-0.4, -0.2) is 35.9 Å². The fourth-order valence-corrected chi connectivity index (χ4v) is 3.15. The summed E-state index contributed by atoms with van der Waals surface area (Å²) in [6.45, 7) is 7.26. The van der Waals surface area contributed by atoms with Gasteiger partial charge in [0.05, 0.1) is 0 Å². The minimum absolute atomic E-state index is 0.0169. The Kier molecular flexibility index (Phi) is 5.79. The maximum Gasteiger partial charge on any atom is 0.265 e. The van der Waals surface area contributed by atoms with E-state index in [9.17, 15) is 9.59 Å². The maximum atomic E-state index is 12.5. The summed E-state index contributed by atoms with van der Waals surface area (Å²) in [7, 11) is 0. The standard InChI is InChI=1S/C22H26N2O3/c1-15-9-10-16(2)20(13-15)27-17(3)21(25)23-19-8-6-7-18(14-19)22(26)24-11-4-5-12-24/h6-10,13-14,17H,4-5,11-12H2,1-3H3,(H,23,25). The molecule has 1 saturated heterocycles. The predicted molar refractivity (Wildman–Crippen MR) is 106 cm³/mol. The SMILES string of the molecule is Cc1ccc(C)c(OC(C)C(=O)Nc2cccc(C(=O)N3CCCC3)c2)c1. The lowest BCUT2D eigenvalue weighted by molar-refractivity contribution is -0.122. The first kappa shape index (κ1) is 19.0. The van der Waals surface area contributed by atoms with Crippen LogP contribution in [0.1, 0.15) is 41.3 Å². The van der Waals surface area contributed by atoms with Gasteiger partial charge in [-0.25, -0.2) is 0 Å². The van der Waals surface area contributed by atoms with Crippen LogP contribution >= 0.6 is 0 Å². The second-order valence-electron chi connectivity index (χ2n) is 7.10. The molecular weight excluding hydrogens is 340 g/mol. The number of hydrogen-bond donors (Lipinski definition) is 1. The van der Waals surface area contributed by atoms with Crippen molar-refractivity contribution < 1.29 is 14.3 Å². The monoisotopic (exact) mass is 366 g/mol. The smallest absolute Gasteiger partial charge is 0.265 e. The minimum atomic E-state index is -0.650. The number of benzene rings is 2. The van der Waals surface area contributed by atoms with E-state index in [1.54, 1.807) is 31.2 Å². The zero-order chi connectivity index (χ0) is 19.4. The molecular formula is C22H26N2O3. The number of amides is 2. The van der Waals surface area contributed by atoms with Gasteiger partial charge in [0.2, 0.25) is 0 Å². The van der Waals surface area contributed by atoms with Crippen molar-refractivity contribution in [2.45, 2.75) is 39.7 Å². The molecule has 1 aliphatic heterocycles. The highest BCUT2D eigenvalue weighted by atomic mass is 16.5. The van der Waals surface area contributed by atoms with E-state index in [4.69, 9.17) is 4.74 Å². The summed E-state index contributed by atoms with van der Waals surface area (Å²) in [6.07, 6.45) is 1.45. The van der Waals surface area contributed by atoms with Gasteiger partial charge in [0, 0.05) is 24.3 Å². The number of anilines is 1. The number of hydrogen-bond acceptors (Lipinski definition) is 3. The lowest BCUT2D eigenvalue weighted by Crippen LogP contribution is -2.31. The molecule has 5 heteroatoms. The van der Waals surface area contributed by atoms with Crippen LogP contribution in [0.4, 0.5) is 5.69 Å². The van der Waals surface area contributed by atoms with E-state index in [0.717, 1.165) is 37.1 Å². The van der Waals surface area contributed by atoms with Crippen molar-refractivity contribution in [2.24, 2.45) is 0 Å². The Morgan fingerprint density at radius 1 is 1.07 bits per heavy atom. The normalized spacial score (nSPS) is 14.7. The maximum absolute atomic E-state index is 12.5. The molecule has 1 N–H and O–H groups in total. The molecule has 2 amide bonds. The van der Waals surface area contributed by atoms with Gasteiger partial charge in [-0.05, 0) is 69.0 Å². The number of likely N-dealkylation sites (tertiary alicyclic amines) is 1. The highest BCUT2D eigenvalue weighted by molar-refractivity contribution is 5.98. The lowest BCUT2D eigenvalue weighted by atomic mass is 10.1. The third-order valence-corrected chi connectivity index (χ3v) is 4.79. The van der Waals surface area contributed by atoms with Gasteiger partial charge >= 0.3 is 0 Å². The van der Waals surface area contributed by atoms with Gasteiger partial charge in [0.1, 0.15) is 5.75 Å². The van der Waals surface area contributed by atoms with Crippen LogP contribution in [0.2, 0.25) is 0 Å². The highest BCUT2D eigenvalue weighted by Gasteiger charge is 2.20. The zero-order valence-electron chi connectivity index (χ0n) is 16.1. The fraction of sp³-hybridized carbons (Fsp3) is 0.364. The number of carbonyl (C=O) groups is 2. The Labute approximate surface area is 160 Å². The van der Waals surface area contributed by atoms with E-state index in [0.29, 0.717) is 17.0 Å². The number of ether oxygens (including phenoxy) is 1. The molecule has 142 valence electrons. The molecule has 0 aliphatic carbocycles. The van der Waals surface area contributed by atoms with Crippen molar-refractivity contribution in [2.75, 3.05) is 18.4 Å². The molecule has 0 aromatic heterocycles. The Hall–Kier alpha value is -2.82. The molecule has 27 heavy (non-hydrogen) atoms. The number of aryl methyl sites for hydroxylation is 2. The van der Waals surface area contributed by atoms with Gasteiger partial charge in [0.15, 0.2) is 6.10 Å². The van der Waals surface area contributed by atoms with Crippen LogP contribution < -0.4 is 10.1 Å². The van der Waals surface area contributed by atoms with Crippen LogP contribution in [0.25, 0.3) is 0 Å². The molecule has 1 unspecified atom stereocenters. The fourth-order valence-electron chi connectivity index (χ4n) is 3.15. The first-order chi connectivity index (χ1) is 12.9. The van der Waals surface area contributed by atoms with Crippen LogP contribution in [0, 0.1) is 13.8 Å². The molecule has 0 radical (unpaired) electrons. The molecule has 3 rings (SSSR count). The lowest BCUT2D eigenvalue weighted by Gasteiger charge is -2.18. The van der Waals surface area contributed by atoms with Crippen molar-refractivity contribution >= 4 is 17.5 Å². The highest BCUT2D eigenvalue weighted by Crippen LogP contribution is 2.21. The molecule has 0 saturated carbocycles. The van der Waals surface area contributed by atoms with E-state index in [1.165, 1.54) is 0 Å². The topological polar surface area (TPSA) is 58.6 Å². The first-order valence-corrected chi connectivity index (χ1v) is 9.38. The molecule has 5 nitrogen and oxygen atoms in total. The minimum Gasteiger partial charge on any atom is -0.481 e. The predicted octanol–water partition coefficient (Wildman–Crippen LogP) is 3.95. The third kappa shape index (κ3) is 4.67. The Morgan fingerprint density at radius 2 is 1.81 bits per heavy atom. The Balaban J connectivity index is 1.65.